The van der Waals surface area contributed by atoms with Gasteiger partial charge in [0, 0.05) is 0 Å². The molecular weight excluding hydrogens is 100 g/mol. The molecule has 0 saturated carbocycles. The highest BCUT2D eigenvalue weighted by Crippen LogP contribution is 2.10. The molecule has 1 unspecified atom stereocenters. The van der Waals surface area contributed by atoms with Crippen LogP contribution >= 0.6 is 0 Å². The zero-order valence-corrected chi connectivity index (χ0v) is 4.97. The average Bonchev–Trinajstić information content (AvgIpc) is 1.94. The fraction of sp³-hybridized carbons (Fsp3) is 0.714. The number of hydrogen-bond acceptors (Lipinski definition) is 0. The summed E-state index contributed by atoms with van der Waals surface area (Å²) in [7, 11) is 0. The van der Waals surface area contributed by atoms with Gasteiger partial charge in [0.2, 0.25) is 0 Å². The lowest BCUT2D eigenvalue weighted by molar-refractivity contribution is 0.121. The van der Waals surface area contributed by atoms with Gasteiger partial charge in [-0.2, -0.15) is 0 Å². The lowest BCUT2D eigenvalue weighted by atomic mass is 10.2. The van der Waals surface area contributed by atoms with Crippen molar-refractivity contribution in [3.63, 3.8) is 0 Å². The lowest BCUT2D eigenvalue weighted by Crippen LogP contribution is -1.96. The Morgan fingerprint density at radius 2 is 2.25 bits per heavy atom. The molecule has 0 bridgehead atoms. The van der Waals surface area contributed by atoms with E-state index in [4.69, 9.17) is 0 Å². The van der Waals surface area contributed by atoms with Crippen LogP contribution in [0.2, 0.25) is 0 Å². The first-order valence-electron chi connectivity index (χ1n) is 3.22. The SMILES string of the molecule is [O]C1C=CCCCC1. The van der Waals surface area contributed by atoms with Gasteiger partial charge < -0.3 is 0 Å². The summed E-state index contributed by atoms with van der Waals surface area (Å²) in [6.45, 7) is 0. The number of rotatable bonds is 0. The Kier molecular flexibility index (Phi) is 2.10. The maximum absolute atomic E-state index is 10.7. The Hall–Kier alpha value is -0.300. The van der Waals surface area contributed by atoms with Crippen LogP contribution in [0.3, 0.4) is 0 Å². The van der Waals surface area contributed by atoms with Crippen molar-refractivity contribution >= 4 is 0 Å². The highest BCUT2D eigenvalue weighted by molar-refractivity contribution is 4.90. The van der Waals surface area contributed by atoms with Crippen LogP contribution in [0.4, 0.5) is 0 Å². The molecule has 0 amide bonds. The van der Waals surface area contributed by atoms with Crippen molar-refractivity contribution in [2.45, 2.75) is 31.8 Å². The highest BCUT2D eigenvalue weighted by Gasteiger charge is 2.02. The Balaban J connectivity index is 2.33. The van der Waals surface area contributed by atoms with Gasteiger partial charge in [0.05, 0.1) is 0 Å². The van der Waals surface area contributed by atoms with Crippen LogP contribution < -0.4 is 0 Å². The summed E-state index contributed by atoms with van der Waals surface area (Å²) in [4.78, 5) is 0. The molecule has 0 fully saturated rings. The van der Waals surface area contributed by atoms with Gasteiger partial charge in [-0.05, 0) is 19.3 Å². The first kappa shape index (κ1) is 5.83. The van der Waals surface area contributed by atoms with Crippen LogP contribution in [0.5, 0.6) is 0 Å². The molecular formula is C7H11O. The Morgan fingerprint density at radius 3 is 3.12 bits per heavy atom. The molecule has 0 spiro atoms. The van der Waals surface area contributed by atoms with E-state index in [2.05, 4.69) is 0 Å². The molecule has 0 saturated heterocycles. The molecule has 8 heavy (non-hydrogen) atoms. The molecule has 0 aromatic rings. The van der Waals surface area contributed by atoms with Crippen LogP contribution in [0.25, 0.3) is 0 Å². The van der Waals surface area contributed by atoms with Gasteiger partial charge in [-0.25, -0.2) is 5.11 Å². The summed E-state index contributed by atoms with van der Waals surface area (Å²) in [5.41, 5.74) is 0. The van der Waals surface area contributed by atoms with E-state index >= 15 is 0 Å². The van der Waals surface area contributed by atoms with E-state index in [1.165, 1.54) is 6.42 Å². The van der Waals surface area contributed by atoms with Gasteiger partial charge in [-0.3, -0.25) is 0 Å². The average molecular weight is 111 g/mol. The van der Waals surface area contributed by atoms with Crippen molar-refractivity contribution in [1.82, 2.24) is 0 Å². The van der Waals surface area contributed by atoms with Gasteiger partial charge in [0.25, 0.3) is 0 Å². The maximum atomic E-state index is 10.7. The molecule has 1 aliphatic carbocycles. The van der Waals surface area contributed by atoms with E-state index in [1.807, 2.05) is 6.08 Å². The van der Waals surface area contributed by atoms with Gasteiger partial charge in [-0.1, -0.05) is 18.6 Å². The van der Waals surface area contributed by atoms with E-state index in [1.54, 1.807) is 6.08 Å². The molecule has 1 aliphatic rings. The molecule has 0 aromatic heterocycles. The van der Waals surface area contributed by atoms with Crippen molar-refractivity contribution in [3.8, 4) is 0 Å². The Bertz CT molecular complexity index is 86.4. The van der Waals surface area contributed by atoms with E-state index in [-0.39, 0.29) is 0 Å². The van der Waals surface area contributed by atoms with Crippen molar-refractivity contribution in [2.24, 2.45) is 0 Å². The molecule has 1 radical (unpaired) electrons. The normalized spacial score (nSPS) is 29.9. The smallest absolute Gasteiger partial charge is 0.111 e. The van der Waals surface area contributed by atoms with E-state index in [0.717, 1.165) is 19.3 Å². The van der Waals surface area contributed by atoms with Crippen LogP contribution in [0.15, 0.2) is 12.2 Å². The third kappa shape index (κ3) is 1.66. The summed E-state index contributed by atoms with van der Waals surface area (Å²) < 4.78 is 0. The topological polar surface area (TPSA) is 19.9 Å². The molecule has 1 atom stereocenters. The van der Waals surface area contributed by atoms with Crippen LogP contribution in [0.1, 0.15) is 25.7 Å². The molecule has 1 heteroatoms. The van der Waals surface area contributed by atoms with Gasteiger partial charge in [0.15, 0.2) is 0 Å². The predicted molar refractivity (Wildman–Crippen MR) is 32.1 cm³/mol. The number of allylic oxidation sites excluding steroid dienone is 1. The molecule has 1 rings (SSSR count). The first-order chi connectivity index (χ1) is 3.89. The second-order valence-electron chi connectivity index (χ2n) is 2.25. The molecule has 0 heterocycles. The minimum absolute atomic E-state index is 0.405. The fourth-order valence-corrected chi connectivity index (χ4v) is 0.952. The standard InChI is InChI=1S/C7H11O/c8-7-5-3-1-2-4-6-7/h3,5,7H,1-2,4,6H2. The van der Waals surface area contributed by atoms with Crippen LogP contribution in [0, 0.1) is 0 Å². The third-order valence-corrected chi connectivity index (χ3v) is 1.46. The quantitative estimate of drug-likeness (QED) is 0.425. The Morgan fingerprint density at radius 1 is 1.38 bits per heavy atom. The number of hydrogen-bond donors (Lipinski definition) is 0. The van der Waals surface area contributed by atoms with Crippen molar-refractivity contribution in [3.05, 3.63) is 12.2 Å². The van der Waals surface area contributed by atoms with Crippen molar-refractivity contribution in [1.29, 1.82) is 0 Å². The third-order valence-electron chi connectivity index (χ3n) is 1.46. The minimum Gasteiger partial charge on any atom is -0.229 e. The minimum atomic E-state index is -0.405. The van der Waals surface area contributed by atoms with Gasteiger partial charge in [0.1, 0.15) is 6.10 Å². The maximum Gasteiger partial charge on any atom is 0.111 e. The molecule has 45 valence electrons. The van der Waals surface area contributed by atoms with Crippen molar-refractivity contribution < 1.29 is 5.11 Å². The Labute approximate surface area is 50.0 Å². The summed E-state index contributed by atoms with van der Waals surface area (Å²) in [5.74, 6) is 0. The monoisotopic (exact) mass is 111 g/mol. The zero-order valence-electron chi connectivity index (χ0n) is 4.97. The van der Waals surface area contributed by atoms with E-state index in [9.17, 15) is 5.11 Å². The second-order valence-corrected chi connectivity index (χ2v) is 2.25. The zero-order chi connectivity index (χ0) is 5.82. The van der Waals surface area contributed by atoms with E-state index in [0.29, 0.717) is 0 Å². The first-order valence-corrected chi connectivity index (χ1v) is 3.22. The summed E-state index contributed by atoms with van der Waals surface area (Å²) in [6.07, 6.45) is 7.65. The van der Waals surface area contributed by atoms with Crippen molar-refractivity contribution in [2.75, 3.05) is 0 Å². The summed E-state index contributed by atoms with van der Waals surface area (Å²) in [5, 5.41) is 10.7. The second kappa shape index (κ2) is 2.88. The molecule has 0 aliphatic heterocycles. The molecule has 1 nitrogen and oxygen atoms in total. The predicted octanol–water partition coefficient (Wildman–Crippen LogP) is 1.92. The van der Waals surface area contributed by atoms with Crippen LogP contribution in [-0.2, 0) is 5.11 Å². The summed E-state index contributed by atoms with van der Waals surface area (Å²) >= 11 is 0. The van der Waals surface area contributed by atoms with Gasteiger partial charge >= 0.3 is 0 Å². The molecule has 0 aromatic carbocycles. The molecule has 0 N–H and O–H groups in total. The van der Waals surface area contributed by atoms with Gasteiger partial charge in [-0.15, -0.1) is 0 Å². The highest BCUT2D eigenvalue weighted by atomic mass is 16.3. The summed E-state index contributed by atoms with van der Waals surface area (Å²) in [6, 6.07) is 0. The van der Waals surface area contributed by atoms with E-state index < -0.39 is 6.10 Å². The lowest BCUT2D eigenvalue weighted by Gasteiger charge is -1.94. The largest absolute Gasteiger partial charge is 0.229 e. The van der Waals surface area contributed by atoms with Crippen LogP contribution in [-0.4, -0.2) is 6.10 Å². The fourth-order valence-electron chi connectivity index (χ4n) is 0.952.